The minimum Gasteiger partial charge on any atom is -0.486 e. The Morgan fingerprint density at radius 1 is 1.16 bits per heavy atom. The third kappa shape index (κ3) is 3.57. The van der Waals surface area contributed by atoms with Crippen LogP contribution in [0, 0.1) is 0 Å². The average Bonchev–Trinajstić information content (AvgIpc) is 3.30. The fourth-order valence-electron chi connectivity index (χ4n) is 3.89. The highest BCUT2D eigenvalue weighted by Gasteiger charge is 2.38. The lowest BCUT2D eigenvalue weighted by atomic mass is 10.0. The van der Waals surface area contributed by atoms with E-state index in [1.165, 1.54) is 0 Å². The molecule has 1 amide bonds. The third-order valence-electron chi connectivity index (χ3n) is 5.13. The molecule has 1 aromatic rings. The Morgan fingerprint density at radius 2 is 1.96 bits per heavy atom. The van der Waals surface area contributed by atoms with E-state index in [4.69, 9.17) is 19.9 Å². The zero-order valence-corrected chi connectivity index (χ0v) is 15.0. The van der Waals surface area contributed by atoms with Crippen molar-refractivity contribution >= 4 is 18.3 Å². The van der Waals surface area contributed by atoms with E-state index in [2.05, 4.69) is 0 Å². The van der Waals surface area contributed by atoms with E-state index in [1.54, 1.807) is 0 Å². The number of rotatable bonds is 3. The third-order valence-corrected chi connectivity index (χ3v) is 5.13. The van der Waals surface area contributed by atoms with Crippen molar-refractivity contribution in [3.05, 3.63) is 23.8 Å². The van der Waals surface area contributed by atoms with Gasteiger partial charge in [-0.3, -0.25) is 4.79 Å². The summed E-state index contributed by atoms with van der Waals surface area (Å²) in [6.07, 6.45) is 3.31. The fraction of sp³-hybridized carbons (Fsp3) is 0.611. The van der Waals surface area contributed by atoms with Crippen LogP contribution in [-0.2, 0) is 9.53 Å². The van der Waals surface area contributed by atoms with E-state index in [0.717, 1.165) is 49.3 Å². The van der Waals surface area contributed by atoms with Crippen molar-refractivity contribution in [2.24, 2.45) is 5.73 Å². The SMILES string of the molecule is Cl.NC[C@H]1CC[C@@H](C(=O)N2CCCC2c2ccc3c(c2)OCCO3)O1. The van der Waals surface area contributed by atoms with Gasteiger partial charge < -0.3 is 24.8 Å². The Morgan fingerprint density at radius 3 is 2.72 bits per heavy atom. The van der Waals surface area contributed by atoms with Crippen LogP contribution in [-0.4, -0.2) is 49.3 Å². The first-order valence-corrected chi connectivity index (χ1v) is 8.82. The molecule has 1 unspecified atom stereocenters. The number of amides is 1. The molecule has 3 aliphatic heterocycles. The van der Waals surface area contributed by atoms with Crippen LogP contribution in [0.15, 0.2) is 18.2 Å². The summed E-state index contributed by atoms with van der Waals surface area (Å²) in [7, 11) is 0. The molecule has 138 valence electrons. The summed E-state index contributed by atoms with van der Waals surface area (Å²) in [6, 6.07) is 6.10. The van der Waals surface area contributed by atoms with E-state index in [0.29, 0.717) is 19.8 Å². The van der Waals surface area contributed by atoms with Crippen molar-refractivity contribution in [2.45, 2.75) is 43.9 Å². The van der Waals surface area contributed by atoms with Crippen LogP contribution < -0.4 is 15.2 Å². The lowest BCUT2D eigenvalue weighted by Crippen LogP contribution is -2.39. The number of nitrogens with two attached hydrogens (primary N) is 1. The summed E-state index contributed by atoms with van der Waals surface area (Å²) >= 11 is 0. The quantitative estimate of drug-likeness (QED) is 0.883. The van der Waals surface area contributed by atoms with Crippen LogP contribution in [0.1, 0.15) is 37.3 Å². The predicted octanol–water partition coefficient (Wildman–Crippen LogP) is 2.05. The molecule has 2 saturated heterocycles. The molecular weight excluding hydrogens is 344 g/mol. The molecule has 0 radical (unpaired) electrons. The Hall–Kier alpha value is -1.50. The number of carbonyl (C=O) groups excluding carboxylic acids is 1. The van der Waals surface area contributed by atoms with Gasteiger partial charge in [0.25, 0.3) is 5.91 Å². The van der Waals surface area contributed by atoms with Crippen molar-refractivity contribution in [1.82, 2.24) is 4.90 Å². The monoisotopic (exact) mass is 368 g/mol. The van der Waals surface area contributed by atoms with Crippen molar-refractivity contribution in [3.63, 3.8) is 0 Å². The number of carbonyl (C=O) groups is 1. The van der Waals surface area contributed by atoms with Gasteiger partial charge in [0.15, 0.2) is 11.5 Å². The molecule has 2 N–H and O–H groups in total. The molecule has 25 heavy (non-hydrogen) atoms. The number of fused-ring (bicyclic) bond motifs is 1. The largest absolute Gasteiger partial charge is 0.486 e. The highest BCUT2D eigenvalue weighted by molar-refractivity contribution is 5.85. The van der Waals surface area contributed by atoms with Crippen LogP contribution in [0.2, 0.25) is 0 Å². The zero-order chi connectivity index (χ0) is 16.5. The van der Waals surface area contributed by atoms with Crippen LogP contribution in [0.4, 0.5) is 0 Å². The Balaban J connectivity index is 0.00000182. The van der Waals surface area contributed by atoms with Crippen LogP contribution >= 0.6 is 12.4 Å². The van der Waals surface area contributed by atoms with E-state index >= 15 is 0 Å². The number of nitrogens with zero attached hydrogens (tertiary/aromatic N) is 1. The summed E-state index contributed by atoms with van der Waals surface area (Å²) in [5.41, 5.74) is 6.77. The molecule has 0 aromatic heterocycles. The van der Waals surface area contributed by atoms with Crippen LogP contribution in [0.3, 0.4) is 0 Å². The molecule has 4 rings (SSSR count). The molecule has 0 bridgehead atoms. The first-order valence-electron chi connectivity index (χ1n) is 8.82. The molecule has 1 aromatic carbocycles. The lowest BCUT2D eigenvalue weighted by molar-refractivity contribution is -0.143. The smallest absolute Gasteiger partial charge is 0.252 e. The molecule has 3 atom stereocenters. The second-order valence-electron chi connectivity index (χ2n) is 6.65. The molecule has 0 aliphatic carbocycles. The molecule has 0 spiro atoms. The van der Waals surface area contributed by atoms with Crippen molar-refractivity contribution < 1.29 is 19.0 Å². The van der Waals surface area contributed by atoms with E-state index in [-0.39, 0.29) is 36.6 Å². The number of hydrogen-bond donors (Lipinski definition) is 1. The van der Waals surface area contributed by atoms with Gasteiger partial charge in [-0.15, -0.1) is 12.4 Å². The minimum atomic E-state index is -0.337. The maximum Gasteiger partial charge on any atom is 0.252 e. The minimum absolute atomic E-state index is 0. The lowest BCUT2D eigenvalue weighted by Gasteiger charge is -2.28. The molecule has 3 heterocycles. The van der Waals surface area contributed by atoms with Gasteiger partial charge in [-0.1, -0.05) is 6.07 Å². The molecule has 3 aliphatic rings. The van der Waals surface area contributed by atoms with Crippen molar-refractivity contribution in [2.75, 3.05) is 26.3 Å². The van der Waals surface area contributed by atoms with Gasteiger partial charge in [-0.05, 0) is 43.4 Å². The Kier molecular flexibility index (Phi) is 5.71. The first kappa shape index (κ1) is 18.3. The molecule has 0 saturated carbocycles. The number of halogens is 1. The Labute approximate surface area is 154 Å². The highest BCUT2D eigenvalue weighted by Crippen LogP contribution is 2.39. The van der Waals surface area contributed by atoms with E-state index in [1.807, 2.05) is 23.1 Å². The standard InChI is InChI=1S/C18H24N2O4.ClH/c19-11-13-4-6-16(24-13)18(21)20-7-1-2-14(20)12-3-5-15-17(10-12)23-9-8-22-15;/h3,5,10,13-14,16H,1-2,4,6-9,11,19H2;1H/t13-,14?,16+;/m1./s1. The van der Waals surface area contributed by atoms with Gasteiger partial charge in [0, 0.05) is 13.1 Å². The number of ether oxygens (including phenoxy) is 3. The average molecular weight is 369 g/mol. The summed E-state index contributed by atoms with van der Waals surface area (Å²) in [4.78, 5) is 14.9. The molecule has 6 nitrogen and oxygen atoms in total. The van der Waals surface area contributed by atoms with Crippen molar-refractivity contribution in [3.8, 4) is 11.5 Å². The molecule has 2 fully saturated rings. The number of likely N-dealkylation sites (tertiary alicyclic amines) is 1. The van der Waals surface area contributed by atoms with Gasteiger partial charge in [0.05, 0.1) is 12.1 Å². The van der Waals surface area contributed by atoms with E-state index in [9.17, 15) is 4.79 Å². The van der Waals surface area contributed by atoms with Gasteiger partial charge in [-0.25, -0.2) is 0 Å². The predicted molar refractivity (Wildman–Crippen MR) is 95.3 cm³/mol. The van der Waals surface area contributed by atoms with Crippen LogP contribution in [0.5, 0.6) is 11.5 Å². The summed E-state index contributed by atoms with van der Waals surface area (Å²) < 4.78 is 17.1. The van der Waals surface area contributed by atoms with E-state index < -0.39 is 0 Å². The summed E-state index contributed by atoms with van der Waals surface area (Å²) in [5.74, 6) is 1.66. The molecular formula is C18H25ClN2O4. The van der Waals surface area contributed by atoms with Gasteiger partial charge in [0.2, 0.25) is 0 Å². The maximum absolute atomic E-state index is 12.9. The van der Waals surface area contributed by atoms with Gasteiger partial charge in [-0.2, -0.15) is 0 Å². The topological polar surface area (TPSA) is 74.0 Å². The second-order valence-corrected chi connectivity index (χ2v) is 6.65. The summed E-state index contributed by atoms with van der Waals surface area (Å²) in [6.45, 7) is 2.42. The van der Waals surface area contributed by atoms with Crippen LogP contribution in [0.25, 0.3) is 0 Å². The second kappa shape index (κ2) is 7.81. The van der Waals surface area contributed by atoms with Crippen molar-refractivity contribution in [1.29, 1.82) is 0 Å². The van der Waals surface area contributed by atoms with Gasteiger partial charge >= 0.3 is 0 Å². The fourth-order valence-corrected chi connectivity index (χ4v) is 3.89. The van der Waals surface area contributed by atoms with Gasteiger partial charge in [0.1, 0.15) is 19.3 Å². The normalized spacial score (nSPS) is 27.9. The first-order chi connectivity index (χ1) is 11.8. The Bertz CT molecular complexity index is 627. The number of benzene rings is 1. The highest BCUT2D eigenvalue weighted by atomic mass is 35.5. The zero-order valence-electron chi connectivity index (χ0n) is 14.2. The summed E-state index contributed by atoms with van der Waals surface area (Å²) in [5, 5.41) is 0. The maximum atomic E-state index is 12.9. The number of hydrogen-bond acceptors (Lipinski definition) is 5. The molecule has 7 heteroatoms.